The lowest BCUT2D eigenvalue weighted by Crippen LogP contribution is -2.39. The molecule has 0 aliphatic carbocycles. The molecule has 4 aromatic rings. The third-order valence-electron chi connectivity index (χ3n) is 6.64. The summed E-state index contributed by atoms with van der Waals surface area (Å²) in [6.07, 6.45) is 1.63. The third-order valence-corrected chi connectivity index (χ3v) is 8.69. The van der Waals surface area contributed by atoms with Crippen LogP contribution < -0.4 is 14.9 Å². The molecule has 3 aromatic carbocycles. The summed E-state index contributed by atoms with van der Waals surface area (Å²) in [6, 6.07) is 19.6. The second-order valence-corrected chi connectivity index (χ2v) is 11.7. The number of fused-ring (bicyclic) bond motifs is 1. The molecule has 0 fully saturated rings. The van der Waals surface area contributed by atoms with Crippen molar-refractivity contribution in [2.75, 3.05) is 6.61 Å². The van der Waals surface area contributed by atoms with Crippen LogP contribution in [0, 0.1) is 24.0 Å². The highest BCUT2D eigenvalue weighted by atomic mass is 32.2. The van der Waals surface area contributed by atoms with Crippen molar-refractivity contribution in [2.45, 2.75) is 43.5 Å². The van der Waals surface area contributed by atoms with Crippen LogP contribution in [-0.2, 0) is 9.53 Å². The number of hydrogen-bond donors (Lipinski definition) is 0. The van der Waals surface area contributed by atoms with Gasteiger partial charge in [-0.15, -0.1) is 0 Å². The van der Waals surface area contributed by atoms with E-state index < -0.39 is 16.9 Å². The SMILES string of the molecule is CCOC(=O)C1=C(C)N=c2sc(=Cc3ccc(Sc4ccc(C)cc4)c([N+](=O)[O-])c3)c(=O)n2C1c1ccc(C)cc1. The first-order valence-electron chi connectivity index (χ1n) is 13.0. The van der Waals surface area contributed by atoms with Gasteiger partial charge in [-0.05, 0) is 63.1 Å². The molecule has 1 unspecified atom stereocenters. The number of nitro groups is 1. The Kier molecular flexibility index (Phi) is 8.05. The van der Waals surface area contributed by atoms with E-state index >= 15 is 0 Å². The van der Waals surface area contributed by atoms with E-state index in [0.29, 0.717) is 31.1 Å². The van der Waals surface area contributed by atoms with Gasteiger partial charge in [-0.25, -0.2) is 9.79 Å². The fraction of sp³-hybridized carbons (Fsp3) is 0.194. The molecule has 0 spiro atoms. The summed E-state index contributed by atoms with van der Waals surface area (Å²) in [6.45, 7) is 7.60. The molecule has 2 heterocycles. The predicted octanol–water partition coefficient (Wildman–Crippen LogP) is 5.47. The van der Waals surface area contributed by atoms with E-state index in [4.69, 9.17) is 4.74 Å². The standard InChI is InChI=1S/C31H27N3O5S2/c1-5-39-30(36)27-20(4)32-31-33(28(27)22-11-6-18(2)7-12-22)29(35)26(41-31)17-21-10-15-25(24(16-21)34(37)38)40-23-13-8-19(3)9-14-23/h6-17,28H,5H2,1-4H3. The van der Waals surface area contributed by atoms with Crippen molar-refractivity contribution in [1.82, 2.24) is 4.57 Å². The fourth-order valence-corrected chi connectivity index (χ4v) is 6.54. The fourth-order valence-electron chi connectivity index (χ4n) is 4.59. The summed E-state index contributed by atoms with van der Waals surface area (Å²) < 4.78 is 7.20. The largest absolute Gasteiger partial charge is 0.463 e. The maximum atomic E-state index is 13.8. The van der Waals surface area contributed by atoms with Crippen LogP contribution in [0.5, 0.6) is 0 Å². The average Bonchev–Trinajstić information content (AvgIpc) is 3.24. The minimum atomic E-state index is -0.712. The predicted molar refractivity (Wildman–Crippen MR) is 160 cm³/mol. The zero-order valence-corrected chi connectivity index (χ0v) is 24.5. The van der Waals surface area contributed by atoms with Crippen LogP contribution in [0.2, 0.25) is 0 Å². The lowest BCUT2D eigenvalue weighted by molar-refractivity contribution is -0.387. The van der Waals surface area contributed by atoms with Crippen LogP contribution in [0.4, 0.5) is 5.69 Å². The number of aryl methyl sites for hydroxylation is 2. The third kappa shape index (κ3) is 5.79. The van der Waals surface area contributed by atoms with Crippen molar-refractivity contribution >= 4 is 40.8 Å². The number of thiazole rings is 1. The van der Waals surface area contributed by atoms with Gasteiger partial charge in [-0.3, -0.25) is 19.5 Å². The van der Waals surface area contributed by atoms with Gasteiger partial charge in [0.1, 0.15) is 0 Å². The molecule has 0 radical (unpaired) electrons. The quantitative estimate of drug-likeness (QED) is 0.162. The Morgan fingerprint density at radius 1 is 1.07 bits per heavy atom. The monoisotopic (exact) mass is 585 g/mol. The summed E-state index contributed by atoms with van der Waals surface area (Å²) in [5.41, 5.74) is 3.83. The zero-order valence-electron chi connectivity index (χ0n) is 22.9. The van der Waals surface area contributed by atoms with E-state index in [1.165, 1.54) is 33.7 Å². The molecule has 1 aliphatic rings. The summed E-state index contributed by atoms with van der Waals surface area (Å²) in [5.74, 6) is -0.522. The number of carbonyl (C=O) groups is 1. The Hall–Kier alpha value is -4.28. The molecule has 5 rings (SSSR count). The number of esters is 1. The molecule has 1 aliphatic heterocycles. The number of hydrogen-bond acceptors (Lipinski definition) is 8. The Morgan fingerprint density at radius 3 is 2.37 bits per heavy atom. The topological polar surface area (TPSA) is 104 Å². The normalized spacial score (nSPS) is 14.9. The highest BCUT2D eigenvalue weighted by Gasteiger charge is 2.33. The van der Waals surface area contributed by atoms with Crippen LogP contribution in [0.3, 0.4) is 0 Å². The molecule has 0 amide bonds. The molecule has 0 bridgehead atoms. The van der Waals surface area contributed by atoms with Crippen LogP contribution in [-0.4, -0.2) is 22.1 Å². The number of allylic oxidation sites excluding steroid dienone is 1. The van der Waals surface area contributed by atoms with Crippen molar-refractivity contribution in [1.29, 1.82) is 0 Å². The van der Waals surface area contributed by atoms with Gasteiger partial charge in [0.15, 0.2) is 4.80 Å². The van der Waals surface area contributed by atoms with Gasteiger partial charge in [0.05, 0.1) is 38.3 Å². The molecule has 208 valence electrons. The molecule has 0 saturated carbocycles. The van der Waals surface area contributed by atoms with Gasteiger partial charge >= 0.3 is 5.97 Å². The first kappa shape index (κ1) is 28.3. The van der Waals surface area contributed by atoms with Crippen LogP contribution in [0.25, 0.3) is 6.08 Å². The Morgan fingerprint density at radius 2 is 1.73 bits per heavy atom. The maximum absolute atomic E-state index is 13.8. The van der Waals surface area contributed by atoms with Crippen molar-refractivity contribution in [3.8, 4) is 0 Å². The molecule has 8 nitrogen and oxygen atoms in total. The van der Waals surface area contributed by atoms with Crippen molar-refractivity contribution in [3.63, 3.8) is 0 Å². The van der Waals surface area contributed by atoms with Crippen molar-refractivity contribution in [2.24, 2.45) is 4.99 Å². The average molecular weight is 586 g/mol. The molecular weight excluding hydrogens is 558 g/mol. The highest BCUT2D eigenvalue weighted by Crippen LogP contribution is 2.36. The lowest BCUT2D eigenvalue weighted by Gasteiger charge is -2.24. The van der Waals surface area contributed by atoms with Gasteiger partial charge in [-0.1, -0.05) is 76.7 Å². The van der Waals surface area contributed by atoms with E-state index in [1.807, 2.05) is 62.4 Å². The van der Waals surface area contributed by atoms with Crippen LogP contribution in [0.1, 0.15) is 42.1 Å². The second kappa shape index (κ2) is 11.7. The Balaban J connectivity index is 1.61. The number of ether oxygens (including phenoxy) is 1. The number of nitrogens with zero attached hydrogens (tertiary/aromatic N) is 3. The molecule has 1 aromatic heterocycles. The van der Waals surface area contributed by atoms with E-state index in [1.54, 1.807) is 32.1 Å². The van der Waals surface area contributed by atoms with Gasteiger partial charge < -0.3 is 4.74 Å². The molecule has 0 N–H and O–H groups in total. The Labute approximate surface area is 244 Å². The molecule has 10 heteroatoms. The van der Waals surface area contributed by atoms with Crippen LogP contribution in [0.15, 0.2) is 97.6 Å². The lowest BCUT2D eigenvalue weighted by atomic mass is 9.95. The van der Waals surface area contributed by atoms with Gasteiger partial charge in [0, 0.05) is 11.0 Å². The van der Waals surface area contributed by atoms with Crippen molar-refractivity contribution < 1.29 is 14.5 Å². The van der Waals surface area contributed by atoms with Crippen LogP contribution >= 0.6 is 23.1 Å². The molecular formula is C31H27N3O5S2. The summed E-state index contributed by atoms with van der Waals surface area (Å²) in [7, 11) is 0. The summed E-state index contributed by atoms with van der Waals surface area (Å²) >= 11 is 2.49. The van der Waals surface area contributed by atoms with E-state index in [2.05, 4.69) is 4.99 Å². The number of benzene rings is 3. The van der Waals surface area contributed by atoms with E-state index in [9.17, 15) is 19.7 Å². The van der Waals surface area contributed by atoms with E-state index in [-0.39, 0.29) is 17.9 Å². The second-order valence-electron chi connectivity index (χ2n) is 9.61. The smallest absolute Gasteiger partial charge is 0.338 e. The first-order valence-corrected chi connectivity index (χ1v) is 14.6. The number of carbonyl (C=O) groups excluding carboxylic acids is 1. The highest BCUT2D eigenvalue weighted by molar-refractivity contribution is 7.99. The number of aromatic nitrogens is 1. The summed E-state index contributed by atoms with van der Waals surface area (Å²) in [5, 5.41) is 12.0. The van der Waals surface area contributed by atoms with Gasteiger partial charge in [0.25, 0.3) is 11.2 Å². The van der Waals surface area contributed by atoms with Crippen molar-refractivity contribution in [3.05, 3.63) is 130 Å². The van der Waals surface area contributed by atoms with E-state index in [0.717, 1.165) is 21.6 Å². The zero-order chi connectivity index (χ0) is 29.3. The summed E-state index contributed by atoms with van der Waals surface area (Å²) in [4.78, 5) is 44.8. The minimum absolute atomic E-state index is 0.0462. The number of rotatable bonds is 7. The van der Waals surface area contributed by atoms with Gasteiger partial charge in [-0.2, -0.15) is 0 Å². The maximum Gasteiger partial charge on any atom is 0.338 e. The molecule has 41 heavy (non-hydrogen) atoms. The molecule has 0 saturated heterocycles. The van der Waals surface area contributed by atoms with Gasteiger partial charge in [0.2, 0.25) is 0 Å². The minimum Gasteiger partial charge on any atom is -0.463 e. The first-order chi connectivity index (χ1) is 19.7. The Bertz CT molecular complexity index is 1870. The molecule has 1 atom stereocenters. The number of nitro benzene ring substituents is 1.